The van der Waals surface area contributed by atoms with Gasteiger partial charge in [-0.15, -0.1) is 0 Å². The first-order valence-corrected chi connectivity index (χ1v) is 11.3. The van der Waals surface area contributed by atoms with Crippen molar-refractivity contribution < 1.29 is 24.2 Å². The van der Waals surface area contributed by atoms with E-state index >= 15 is 0 Å². The molecule has 0 aliphatic rings. The molecule has 12 nitrogen and oxygen atoms in total. The van der Waals surface area contributed by atoms with Gasteiger partial charge in [0.2, 0.25) is 5.91 Å². The van der Waals surface area contributed by atoms with Crippen LogP contribution in [-0.4, -0.2) is 47.3 Å². The summed E-state index contributed by atoms with van der Waals surface area (Å²) in [6.45, 7) is 0.200. The summed E-state index contributed by atoms with van der Waals surface area (Å²) in [7, 11) is 0. The molecule has 4 amide bonds. The molecule has 12 heteroatoms. The fourth-order valence-corrected chi connectivity index (χ4v) is 3.12. The number of nitrogens with two attached hydrogens (primary N) is 3. The maximum absolute atomic E-state index is 13.0. The van der Waals surface area contributed by atoms with Crippen molar-refractivity contribution in [2.45, 2.75) is 32.1 Å². The Kier molecular flexibility index (Phi) is 11.5. The van der Waals surface area contributed by atoms with Gasteiger partial charge in [0.15, 0.2) is 0 Å². The van der Waals surface area contributed by atoms with Gasteiger partial charge in [-0.05, 0) is 36.1 Å². The second kappa shape index (κ2) is 14.9. The number of aliphatic hydroxyl groups excluding tert-OH is 1. The smallest absolute Gasteiger partial charge is 0.407 e. The molecule has 2 aromatic rings. The normalized spacial score (nSPS) is 11.8. The van der Waals surface area contributed by atoms with Gasteiger partial charge in [-0.25, -0.2) is 15.4 Å². The van der Waals surface area contributed by atoms with E-state index in [1.807, 2.05) is 30.3 Å². The van der Waals surface area contributed by atoms with Crippen LogP contribution in [0, 0.1) is 0 Å². The SMILES string of the molecule is NC(=O)NCCCC(C(=O)Nc1ccc(CO)cc1)N(N)/C=C(\N)CNC(=O)OCc1ccccc1. The van der Waals surface area contributed by atoms with Gasteiger partial charge in [-0.1, -0.05) is 42.5 Å². The van der Waals surface area contributed by atoms with Crippen molar-refractivity contribution in [3.8, 4) is 0 Å². The molecule has 0 fully saturated rings. The van der Waals surface area contributed by atoms with Gasteiger partial charge in [0.05, 0.1) is 13.2 Å². The summed E-state index contributed by atoms with van der Waals surface area (Å²) in [5.74, 6) is 5.72. The predicted octanol–water partition coefficient (Wildman–Crippen LogP) is 0.837. The molecule has 36 heavy (non-hydrogen) atoms. The first kappa shape index (κ1) is 28.0. The molecule has 0 saturated carbocycles. The molecule has 0 radical (unpaired) electrons. The maximum Gasteiger partial charge on any atom is 0.407 e. The van der Waals surface area contributed by atoms with Crippen LogP contribution >= 0.6 is 0 Å². The number of rotatable bonds is 13. The van der Waals surface area contributed by atoms with Gasteiger partial charge in [-0.2, -0.15) is 0 Å². The van der Waals surface area contributed by atoms with E-state index in [1.54, 1.807) is 24.3 Å². The quantitative estimate of drug-likeness (QED) is 0.119. The number of nitrogens with zero attached hydrogens (tertiary/aromatic N) is 1. The number of amides is 4. The lowest BCUT2D eigenvalue weighted by atomic mass is 10.1. The Balaban J connectivity index is 1.95. The number of carbonyl (C=O) groups excluding carboxylic acids is 3. The minimum Gasteiger partial charge on any atom is -0.445 e. The number of primary amides is 1. The highest BCUT2D eigenvalue weighted by Gasteiger charge is 2.22. The zero-order valence-electron chi connectivity index (χ0n) is 19.9. The number of anilines is 1. The van der Waals surface area contributed by atoms with Crippen LogP contribution in [0.5, 0.6) is 0 Å². The molecule has 2 rings (SSSR count). The average molecular weight is 500 g/mol. The molecule has 1 atom stereocenters. The van der Waals surface area contributed by atoms with Crippen molar-refractivity contribution in [3.63, 3.8) is 0 Å². The molecular weight excluding hydrogens is 466 g/mol. The zero-order valence-corrected chi connectivity index (χ0v) is 19.9. The molecule has 0 aromatic heterocycles. The summed E-state index contributed by atoms with van der Waals surface area (Å²) in [6.07, 6.45) is 1.37. The summed E-state index contributed by atoms with van der Waals surface area (Å²) in [5.41, 5.74) is 13.3. The van der Waals surface area contributed by atoms with Gasteiger partial charge in [-0.3, -0.25) is 4.79 Å². The predicted molar refractivity (Wildman–Crippen MR) is 135 cm³/mol. The highest BCUT2D eigenvalue weighted by atomic mass is 16.5. The summed E-state index contributed by atoms with van der Waals surface area (Å²) >= 11 is 0. The number of aliphatic hydroxyl groups is 1. The van der Waals surface area contributed by atoms with E-state index in [0.29, 0.717) is 17.7 Å². The van der Waals surface area contributed by atoms with Crippen molar-refractivity contribution in [1.29, 1.82) is 0 Å². The number of ether oxygens (including phenoxy) is 1. The standard InChI is InChI=1S/C24H33N7O5/c25-19(13-29-24(35)36-16-18-5-2-1-3-6-18)14-31(27)21(7-4-12-28-23(26)34)22(33)30-20-10-8-17(15-32)9-11-20/h1-3,5-6,8-11,14,21,32H,4,7,12-13,15-16,25,27H2,(H,29,35)(H,30,33)(H3,26,28,34)/b19-14-. The third-order valence-corrected chi connectivity index (χ3v) is 4.98. The first-order chi connectivity index (χ1) is 17.3. The lowest BCUT2D eigenvalue weighted by Crippen LogP contribution is -2.46. The summed E-state index contributed by atoms with van der Waals surface area (Å²) in [4.78, 5) is 35.8. The van der Waals surface area contributed by atoms with E-state index < -0.39 is 24.1 Å². The molecule has 194 valence electrons. The van der Waals surface area contributed by atoms with Crippen molar-refractivity contribution >= 4 is 23.7 Å². The van der Waals surface area contributed by atoms with Crippen LogP contribution in [0.25, 0.3) is 0 Å². The van der Waals surface area contributed by atoms with Gasteiger partial charge < -0.3 is 42.3 Å². The molecule has 0 saturated heterocycles. The third kappa shape index (κ3) is 10.3. The fourth-order valence-electron chi connectivity index (χ4n) is 3.12. The monoisotopic (exact) mass is 499 g/mol. The summed E-state index contributed by atoms with van der Waals surface area (Å²) in [5, 5.41) is 18.1. The lowest BCUT2D eigenvalue weighted by molar-refractivity contribution is -0.120. The molecule has 10 N–H and O–H groups in total. The van der Waals surface area contributed by atoms with E-state index in [-0.39, 0.29) is 38.4 Å². The van der Waals surface area contributed by atoms with Crippen LogP contribution in [0.1, 0.15) is 24.0 Å². The van der Waals surface area contributed by atoms with Crippen molar-refractivity contribution in [1.82, 2.24) is 15.6 Å². The Hall–Kier alpha value is -4.29. The molecule has 2 aromatic carbocycles. The molecule has 1 unspecified atom stereocenters. The van der Waals surface area contributed by atoms with E-state index in [2.05, 4.69) is 16.0 Å². The van der Waals surface area contributed by atoms with E-state index in [9.17, 15) is 19.5 Å². The number of urea groups is 1. The van der Waals surface area contributed by atoms with Crippen molar-refractivity contribution in [2.75, 3.05) is 18.4 Å². The molecule has 0 spiro atoms. The van der Waals surface area contributed by atoms with Gasteiger partial charge in [0.1, 0.15) is 12.6 Å². The van der Waals surface area contributed by atoms with Crippen molar-refractivity contribution in [2.24, 2.45) is 17.3 Å². The van der Waals surface area contributed by atoms with Gasteiger partial charge in [0.25, 0.3) is 0 Å². The maximum atomic E-state index is 13.0. The summed E-state index contributed by atoms with van der Waals surface area (Å²) < 4.78 is 5.13. The first-order valence-electron chi connectivity index (χ1n) is 11.3. The number of benzene rings is 2. The highest BCUT2D eigenvalue weighted by Crippen LogP contribution is 2.13. The average Bonchev–Trinajstić information content (AvgIpc) is 2.87. The minimum atomic E-state index is -0.847. The van der Waals surface area contributed by atoms with Crippen LogP contribution in [0.2, 0.25) is 0 Å². The van der Waals surface area contributed by atoms with Crippen LogP contribution in [0.4, 0.5) is 15.3 Å². The van der Waals surface area contributed by atoms with Gasteiger partial charge >= 0.3 is 12.1 Å². The number of nitrogens with one attached hydrogen (secondary N) is 3. The number of hydrogen-bond acceptors (Lipinski definition) is 8. The van der Waals surface area contributed by atoms with Crippen molar-refractivity contribution in [3.05, 3.63) is 77.6 Å². The second-order valence-electron chi connectivity index (χ2n) is 7.86. The van der Waals surface area contributed by atoms with E-state index in [4.69, 9.17) is 22.0 Å². The van der Waals surface area contributed by atoms with Crippen LogP contribution in [0.3, 0.4) is 0 Å². The topological polar surface area (TPSA) is 198 Å². The lowest BCUT2D eigenvalue weighted by Gasteiger charge is -2.26. The Labute approximate surface area is 209 Å². The number of hydrazine groups is 1. The number of alkyl carbamates (subject to hydrolysis) is 1. The van der Waals surface area contributed by atoms with Crippen LogP contribution < -0.4 is 33.3 Å². The highest BCUT2D eigenvalue weighted by molar-refractivity contribution is 5.94. The Morgan fingerprint density at radius 1 is 1.00 bits per heavy atom. The Morgan fingerprint density at radius 3 is 2.33 bits per heavy atom. The largest absolute Gasteiger partial charge is 0.445 e. The molecule has 0 heterocycles. The Morgan fingerprint density at radius 2 is 1.69 bits per heavy atom. The van der Waals surface area contributed by atoms with Gasteiger partial charge in [0, 0.05) is 24.1 Å². The Bertz CT molecular complexity index is 1020. The molecule has 0 aliphatic heterocycles. The van der Waals surface area contributed by atoms with Crippen LogP contribution in [0.15, 0.2) is 66.5 Å². The second-order valence-corrected chi connectivity index (χ2v) is 7.86. The van der Waals surface area contributed by atoms with Crippen LogP contribution in [-0.2, 0) is 22.7 Å². The van der Waals surface area contributed by atoms with E-state index in [0.717, 1.165) is 10.6 Å². The van der Waals surface area contributed by atoms with E-state index in [1.165, 1.54) is 6.20 Å². The summed E-state index contributed by atoms with van der Waals surface area (Å²) in [6, 6.07) is 14.4. The molecule has 0 aliphatic carbocycles. The molecule has 0 bridgehead atoms. The number of hydrogen-bond donors (Lipinski definition) is 7. The number of carbonyl (C=O) groups is 3. The fraction of sp³-hybridized carbons (Fsp3) is 0.292. The molecular formula is C24H33N7O5. The third-order valence-electron chi connectivity index (χ3n) is 4.98. The minimum absolute atomic E-state index is 0.0541. The zero-order chi connectivity index (χ0) is 26.3.